The van der Waals surface area contributed by atoms with E-state index >= 15 is 0 Å². The first-order valence-electron chi connectivity index (χ1n) is 7.37. The Bertz CT molecular complexity index is 236. The van der Waals surface area contributed by atoms with Crippen LogP contribution in [0.1, 0.15) is 74.1 Å². The van der Waals surface area contributed by atoms with Crippen molar-refractivity contribution in [2.45, 2.75) is 85.7 Å². The summed E-state index contributed by atoms with van der Waals surface area (Å²) in [4.78, 5) is 0. The minimum Gasteiger partial charge on any atom is -0.309 e. The Morgan fingerprint density at radius 3 is 2.12 bits per heavy atom. The van der Waals surface area contributed by atoms with Gasteiger partial charge >= 0.3 is 0 Å². The number of rotatable bonds is 3. The van der Waals surface area contributed by atoms with E-state index in [2.05, 4.69) is 53.8 Å². The standard InChI is InChI=1S/C16H33N/c1-12-8-9-13(2)14(10-12)17-16(6,7)11-15(3,4)5/h12-14,17H,8-11H2,1-7H3. The molecule has 0 radical (unpaired) electrons. The lowest BCUT2D eigenvalue weighted by molar-refractivity contribution is 0.156. The molecule has 1 saturated carbocycles. The van der Waals surface area contributed by atoms with Crippen molar-refractivity contribution >= 4 is 0 Å². The van der Waals surface area contributed by atoms with Crippen LogP contribution in [0.2, 0.25) is 0 Å². The smallest absolute Gasteiger partial charge is 0.0132 e. The van der Waals surface area contributed by atoms with Gasteiger partial charge in [-0.2, -0.15) is 0 Å². The van der Waals surface area contributed by atoms with Gasteiger partial charge in [-0.3, -0.25) is 0 Å². The maximum Gasteiger partial charge on any atom is 0.0132 e. The second-order valence-electron chi connectivity index (χ2n) is 8.27. The van der Waals surface area contributed by atoms with E-state index in [-0.39, 0.29) is 5.54 Å². The van der Waals surface area contributed by atoms with Crippen molar-refractivity contribution in [3.8, 4) is 0 Å². The fraction of sp³-hybridized carbons (Fsp3) is 1.00. The van der Waals surface area contributed by atoms with Crippen LogP contribution in [0.4, 0.5) is 0 Å². The van der Waals surface area contributed by atoms with Gasteiger partial charge in [-0.1, -0.05) is 41.0 Å². The topological polar surface area (TPSA) is 12.0 Å². The first-order valence-corrected chi connectivity index (χ1v) is 7.37. The summed E-state index contributed by atoms with van der Waals surface area (Å²) in [5.74, 6) is 1.74. The van der Waals surface area contributed by atoms with Gasteiger partial charge in [-0.05, 0) is 50.4 Å². The van der Waals surface area contributed by atoms with Crippen LogP contribution >= 0.6 is 0 Å². The Morgan fingerprint density at radius 2 is 1.59 bits per heavy atom. The van der Waals surface area contributed by atoms with E-state index in [0.717, 1.165) is 17.9 Å². The molecule has 1 heteroatoms. The van der Waals surface area contributed by atoms with Crippen LogP contribution in [0.15, 0.2) is 0 Å². The van der Waals surface area contributed by atoms with Crippen LogP contribution in [0, 0.1) is 17.3 Å². The molecule has 3 atom stereocenters. The van der Waals surface area contributed by atoms with E-state index < -0.39 is 0 Å². The zero-order valence-electron chi connectivity index (χ0n) is 13.1. The molecule has 1 aliphatic carbocycles. The molecule has 0 aliphatic heterocycles. The summed E-state index contributed by atoms with van der Waals surface area (Å²) < 4.78 is 0. The SMILES string of the molecule is CC1CCC(C)C(NC(C)(C)CC(C)(C)C)C1. The van der Waals surface area contributed by atoms with Crippen molar-refractivity contribution in [3.05, 3.63) is 0 Å². The lowest BCUT2D eigenvalue weighted by Crippen LogP contribution is -2.51. The normalized spacial score (nSPS) is 31.6. The minimum atomic E-state index is 0.258. The van der Waals surface area contributed by atoms with Gasteiger partial charge in [-0.15, -0.1) is 0 Å². The van der Waals surface area contributed by atoms with Gasteiger partial charge in [0.15, 0.2) is 0 Å². The van der Waals surface area contributed by atoms with Crippen LogP contribution in [0.5, 0.6) is 0 Å². The summed E-state index contributed by atoms with van der Waals surface area (Å²) in [5, 5.41) is 3.93. The monoisotopic (exact) mass is 239 g/mol. The molecule has 102 valence electrons. The van der Waals surface area contributed by atoms with Gasteiger partial charge < -0.3 is 5.32 Å². The van der Waals surface area contributed by atoms with E-state index in [1.807, 2.05) is 0 Å². The van der Waals surface area contributed by atoms with E-state index in [1.165, 1.54) is 25.7 Å². The zero-order valence-corrected chi connectivity index (χ0v) is 13.1. The van der Waals surface area contributed by atoms with Crippen LogP contribution in [0.3, 0.4) is 0 Å². The predicted molar refractivity (Wildman–Crippen MR) is 77.3 cm³/mol. The van der Waals surface area contributed by atoms with Gasteiger partial charge in [0.25, 0.3) is 0 Å². The largest absolute Gasteiger partial charge is 0.309 e. The third kappa shape index (κ3) is 5.42. The summed E-state index contributed by atoms with van der Waals surface area (Å²) in [6.45, 7) is 16.6. The third-order valence-corrected chi connectivity index (χ3v) is 4.01. The maximum atomic E-state index is 3.93. The van der Waals surface area contributed by atoms with Crippen molar-refractivity contribution in [1.29, 1.82) is 0 Å². The van der Waals surface area contributed by atoms with E-state index in [4.69, 9.17) is 0 Å². The van der Waals surface area contributed by atoms with Gasteiger partial charge in [0.2, 0.25) is 0 Å². The minimum absolute atomic E-state index is 0.258. The van der Waals surface area contributed by atoms with Crippen LogP contribution in [0.25, 0.3) is 0 Å². The molecular formula is C16H33N. The van der Waals surface area contributed by atoms with E-state index in [1.54, 1.807) is 0 Å². The van der Waals surface area contributed by atoms with E-state index in [9.17, 15) is 0 Å². The van der Waals surface area contributed by atoms with Gasteiger partial charge in [-0.25, -0.2) is 0 Å². The molecule has 1 nitrogen and oxygen atoms in total. The molecule has 0 heterocycles. The molecule has 0 saturated heterocycles. The molecule has 17 heavy (non-hydrogen) atoms. The Morgan fingerprint density at radius 1 is 1.00 bits per heavy atom. The van der Waals surface area contributed by atoms with Crippen molar-refractivity contribution in [1.82, 2.24) is 5.32 Å². The molecule has 1 N–H and O–H groups in total. The summed E-state index contributed by atoms with van der Waals surface area (Å²) in [7, 11) is 0. The molecule has 3 unspecified atom stereocenters. The van der Waals surface area contributed by atoms with Crippen LogP contribution in [-0.4, -0.2) is 11.6 Å². The maximum absolute atomic E-state index is 3.93. The lowest BCUT2D eigenvalue weighted by atomic mass is 9.76. The molecule has 0 spiro atoms. The highest BCUT2D eigenvalue weighted by Gasteiger charge is 2.32. The highest BCUT2D eigenvalue weighted by Crippen LogP contribution is 2.32. The van der Waals surface area contributed by atoms with Gasteiger partial charge in [0.1, 0.15) is 0 Å². The lowest BCUT2D eigenvalue weighted by Gasteiger charge is -2.42. The van der Waals surface area contributed by atoms with Crippen LogP contribution < -0.4 is 5.32 Å². The summed E-state index contributed by atoms with van der Waals surface area (Å²) in [6, 6.07) is 0.719. The molecule has 1 aliphatic rings. The highest BCUT2D eigenvalue weighted by atomic mass is 15.0. The Labute approximate surface area is 109 Å². The van der Waals surface area contributed by atoms with Crippen molar-refractivity contribution in [3.63, 3.8) is 0 Å². The second-order valence-corrected chi connectivity index (χ2v) is 8.27. The summed E-state index contributed by atoms with van der Waals surface area (Å²) in [5.41, 5.74) is 0.661. The summed E-state index contributed by atoms with van der Waals surface area (Å²) in [6.07, 6.45) is 5.40. The number of nitrogens with one attached hydrogen (secondary N) is 1. The molecule has 0 aromatic rings. The van der Waals surface area contributed by atoms with Crippen molar-refractivity contribution < 1.29 is 0 Å². The predicted octanol–water partition coefficient (Wildman–Crippen LogP) is 4.62. The first kappa shape index (κ1) is 15.0. The van der Waals surface area contributed by atoms with Gasteiger partial charge in [0, 0.05) is 11.6 Å². The molecule has 0 aromatic heterocycles. The average Bonchev–Trinajstić information content (AvgIpc) is 2.06. The molecule has 0 aromatic carbocycles. The third-order valence-electron chi connectivity index (χ3n) is 4.01. The van der Waals surface area contributed by atoms with Crippen molar-refractivity contribution in [2.24, 2.45) is 17.3 Å². The quantitative estimate of drug-likeness (QED) is 0.758. The summed E-state index contributed by atoms with van der Waals surface area (Å²) >= 11 is 0. The first-order chi connectivity index (χ1) is 7.59. The fourth-order valence-electron chi connectivity index (χ4n) is 3.61. The van der Waals surface area contributed by atoms with Crippen LogP contribution in [-0.2, 0) is 0 Å². The molecule has 1 rings (SSSR count). The van der Waals surface area contributed by atoms with E-state index in [0.29, 0.717) is 5.41 Å². The fourth-order valence-corrected chi connectivity index (χ4v) is 3.61. The number of hydrogen-bond donors (Lipinski definition) is 1. The van der Waals surface area contributed by atoms with Crippen molar-refractivity contribution in [2.75, 3.05) is 0 Å². The molecular weight excluding hydrogens is 206 g/mol. The Kier molecular flexibility index (Phi) is 4.68. The highest BCUT2D eigenvalue weighted by molar-refractivity contribution is 4.90. The van der Waals surface area contributed by atoms with Gasteiger partial charge in [0.05, 0.1) is 0 Å². The molecule has 1 fully saturated rings. The average molecular weight is 239 g/mol. The second kappa shape index (κ2) is 5.30. The number of hydrogen-bond acceptors (Lipinski definition) is 1. The Balaban J connectivity index is 2.56. The Hall–Kier alpha value is -0.0400. The zero-order chi connectivity index (χ0) is 13.3. The molecule has 0 amide bonds. The molecule has 0 bridgehead atoms.